The number of likely N-dealkylation sites (N-methyl/N-ethyl adjacent to an activating group) is 1. The van der Waals surface area contributed by atoms with Gasteiger partial charge in [0.2, 0.25) is 10.0 Å². The fourth-order valence-corrected chi connectivity index (χ4v) is 2.65. The number of hydrogen-bond acceptors (Lipinski definition) is 5. The van der Waals surface area contributed by atoms with Crippen molar-refractivity contribution in [2.75, 3.05) is 19.6 Å². The molecule has 2 aromatic rings. The van der Waals surface area contributed by atoms with Gasteiger partial charge in [-0.15, -0.1) is 12.4 Å². The van der Waals surface area contributed by atoms with Gasteiger partial charge >= 0.3 is 0 Å². The molecule has 0 saturated heterocycles. The maximum atomic E-state index is 12.0. The van der Waals surface area contributed by atoms with Gasteiger partial charge in [-0.1, -0.05) is 37.3 Å². The van der Waals surface area contributed by atoms with Crippen molar-refractivity contribution in [3.8, 4) is 11.4 Å². The minimum atomic E-state index is -3.55. The lowest BCUT2D eigenvalue weighted by Gasteiger charge is -2.07. The van der Waals surface area contributed by atoms with Crippen LogP contribution in [0, 0.1) is 0 Å². The average molecular weight is 343 g/mol. The first kappa shape index (κ1) is 18.5. The van der Waals surface area contributed by atoms with Gasteiger partial charge in [0.1, 0.15) is 4.90 Å². The van der Waals surface area contributed by atoms with E-state index in [1.807, 2.05) is 37.3 Å². The fraction of sp³-hybridized carbons (Fsp3) is 0.286. The molecule has 120 valence electrons. The van der Waals surface area contributed by atoms with Crippen molar-refractivity contribution in [3.05, 3.63) is 42.7 Å². The van der Waals surface area contributed by atoms with E-state index in [0.717, 1.165) is 12.1 Å². The number of rotatable bonds is 7. The zero-order valence-electron chi connectivity index (χ0n) is 12.2. The third-order valence-electron chi connectivity index (χ3n) is 2.81. The zero-order valence-corrected chi connectivity index (χ0v) is 13.8. The third kappa shape index (κ3) is 5.03. The molecule has 0 bridgehead atoms. The monoisotopic (exact) mass is 342 g/mol. The molecule has 8 heteroatoms. The van der Waals surface area contributed by atoms with Crippen LogP contribution in [-0.4, -0.2) is 38.0 Å². The molecule has 0 amide bonds. The Bertz CT molecular complexity index is 663. The topological polar surface area (TPSA) is 84.0 Å². The van der Waals surface area contributed by atoms with Crippen molar-refractivity contribution >= 4 is 22.4 Å². The van der Waals surface area contributed by atoms with Crippen LogP contribution in [0.5, 0.6) is 0 Å². The standard InChI is InChI=1S/C14H18N4O2S.ClH/c1-2-15-8-9-18-21(19,20)13-10-16-14(17-11-13)12-6-4-3-5-7-12;/h3-7,10-11,15,18H,2,8-9H2,1H3;1H. The Balaban J connectivity index is 0.00000242. The van der Waals surface area contributed by atoms with Crippen molar-refractivity contribution in [3.63, 3.8) is 0 Å². The Morgan fingerprint density at radius 1 is 1.05 bits per heavy atom. The summed E-state index contributed by atoms with van der Waals surface area (Å²) in [5, 5.41) is 3.04. The summed E-state index contributed by atoms with van der Waals surface area (Å²) in [7, 11) is -3.55. The Kier molecular flexibility index (Phi) is 7.40. The highest BCUT2D eigenvalue weighted by atomic mass is 35.5. The molecule has 1 aromatic carbocycles. The highest BCUT2D eigenvalue weighted by molar-refractivity contribution is 7.89. The maximum Gasteiger partial charge on any atom is 0.243 e. The van der Waals surface area contributed by atoms with Gasteiger partial charge < -0.3 is 5.32 Å². The number of nitrogens with one attached hydrogen (secondary N) is 2. The van der Waals surface area contributed by atoms with E-state index < -0.39 is 10.0 Å². The van der Waals surface area contributed by atoms with Gasteiger partial charge in [0.05, 0.1) is 12.4 Å². The first-order valence-electron chi connectivity index (χ1n) is 6.71. The molecule has 2 N–H and O–H groups in total. The van der Waals surface area contributed by atoms with Crippen molar-refractivity contribution in [2.24, 2.45) is 0 Å². The predicted molar refractivity (Wildman–Crippen MR) is 88.4 cm³/mol. The SMILES string of the molecule is CCNCCNS(=O)(=O)c1cnc(-c2ccccc2)nc1.Cl. The summed E-state index contributed by atoms with van der Waals surface area (Å²) in [5.74, 6) is 0.502. The molecular formula is C14H19ClN4O2S. The van der Waals surface area contributed by atoms with E-state index in [1.54, 1.807) is 0 Å². The van der Waals surface area contributed by atoms with Crippen LogP contribution in [0.2, 0.25) is 0 Å². The summed E-state index contributed by atoms with van der Waals surface area (Å²) in [6.07, 6.45) is 2.65. The number of aromatic nitrogens is 2. The summed E-state index contributed by atoms with van der Waals surface area (Å²) >= 11 is 0. The van der Waals surface area contributed by atoms with Crippen LogP contribution in [0.1, 0.15) is 6.92 Å². The van der Waals surface area contributed by atoms with Gasteiger partial charge in [-0.3, -0.25) is 0 Å². The van der Waals surface area contributed by atoms with Gasteiger partial charge in [0.15, 0.2) is 5.82 Å². The molecule has 22 heavy (non-hydrogen) atoms. The molecule has 0 aliphatic carbocycles. The van der Waals surface area contributed by atoms with E-state index in [1.165, 1.54) is 12.4 Å². The second-order valence-corrected chi connectivity index (χ2v) is 6.13. The fourth-order valence-electron chi connectivity index (χ4n) is 1.73. The first-order chi connectivity index (χ1) is 10.1. The van der Waals surface area contributed by atoms with Gasteiger partial charge in [0, 0.05) is 18.7 Å². The molecule has 0 aliphatic heterocycles. The molecule has 0 aliphatic rings. The molecule has 6 nitrogen and oxygen atoms in total. The maximum absolute atomic E-state index is 12.0. The molecule has 1 heterocycles. The van der Waals surface area contributed by atoms with E-state index in [9.17, 15) is 8.42 Å². The van der Waals surface area contributed by atoms with Crippen LogP contribution in [0.3, 0.4) is 0 Å². The third-order valence-corrected chi connectivity index (χ3v) is 4.23. The summed E-state index contributed by atoms with van der Waals surface area (Å²) in [5.41, 5.74) is 0.849. The molecule has 0 spiro atoms. The van der Waals surface area contributed by atoms with Crippen LogP contribution in [0.25, 0.3) is 11.4 Å². The van der Waals surface area contributed by atoms with Crippen LogP contribution in [0.15, 0.2) is 47.6 Å². The average Bonchev–Trinajstić information content (AvgIpc) is 2.53. The van der Waals surface area contributed by atoms with Crippen molar-refractivity contribution in [1.82, 2.24) is 20.0 Å². The highest BCUT2D eigenvalue weighted by Crippen LogP contribution is 2.14. The molecular weight excluding hydrogens is 324 g/mol. The lowest BCUT2D eigenvalue weighted by atomic mass is 10.2. The number of hydrogen-bond donors (Lipinski definition) is 2. The largest absolute Gasteiger partial charge is 0.316 e. The molecule has 0 unspecified atom stereocenters. The minimum absolute atomic E-state index is 0. The molecule has 0 atom stereocenters. The van der Waals surface area contributed by atoms with Crippen LogP contribution in [-0.2, 0) is 10.0 Å². The van der Waals surface area contributed by atoms with Gasteiger partial charge in [-0.05, 0) is 6.54 Å². The number of nitrogens with zero attached hydrogens (tertiary/aromatic N) is 2. The van der Waals surface area contributed by atoms with Crippen molar-refractivity contribution < 1.29 is 8.42 Å². The summed E-state index contributed by atoms with van der Waals surface area (Å²) in [6, 6.07) is 9.41. The summed E-state index contributed by atoms with van der Waals surface area (Å²) < 4.78 is 26.5. The molecule has 0 radical (unpaired) electrons. The first-order valence-corrected chi connectivity index (χ1v) is 8.19. The van der Waals surface area contributed by atoms with Gasteiger partial charge in [-0.2, -0.15) is 0 Å². The predicted octanol–water partition coefficient (Wildman–Crippen LogP) is 1.45. The summed E-state index contributed by atoms with van der Waals surface area (Å²) in [6.45, 7) is 3.68. The quantitative estimate of drug-likeness (QED) is 0.744. The Morgan fingerprint density at radius 2 is 1.68 bits per heavy atom. The zero-order chi connectivity index (χ0) is 15.1. The Morgan fingerprint density at radius 3 is 2.27 bits per heavy atom. The normalized spacial score (nSPS) is 11.0. The van der Waals surface area contributed by atoms with Gasteiger partial charge in [-0.25, -0.2) is 23.1 Å². The molecule has 1 aromatic heterocycles. The van der Waals surface area contributed by atoms with E-state index in [0.29, 0.717) is 18.9 Å². The molecule has 0 fully saturated rings. The highest BCUT2D eigenvalue weighted by Gasteiger charge is 2.14. The van der Waals surface area contributed by atoms with E-state index >= 15 is 0 Å². The van der Waals surface area contributed by atoms with Crippen molar-refractivity contribution in [1.29, 1.82) is 0 Å². The van der Waals surface area contributed by atoms with Crippen LogP contribution >= 0.6 is 12.4 Å². The van der Waals surface area contributed by atoms with Crippen LogP contribution in [0.4, 0.5) is 0 Å². The smallest absolute Gasteiger partial charge is 0.243 e. The van der Waals surface area contributed by atoms with Crippen LogP contribution < -0.4 is 10.0 Å². The Labute approximate surface area is 136 Å². The lowest BCUT2D eigenvalue weighted by Crippen LogP contribution is -2.31. The second kappa shape index (κ2) is 8.79. The lowest BCUT2D eigenvalue weighted by molar-refractivity contribution is 0.576. The summed E-state index contributed by atoms with van der Waals surface area (Å²) in [4.78, 5) is 8.30. The molecule has 2 rings (SSSR count). The second-order valence-electron chi connectivity index (χ2n) is 4.36. The van der Waals surface area contributed by atoms with E-state index in [-0.39, 0.29) is 17.3 Å². The van der Waals surface area contributed by atoms with E-state index in [2.05, 4.69) is 20.0 Å². The number of sulfonamides is 1. The van der Waals surface area contributed by atoms with Gasteiger partial charge in [0.25, 0.3) is 0 Å². The van der Waals surface area contributed by atoms with E-state index in [4.69, 9.17) is 0 Å². The minimum Gasteiger partial charge on any atom is -0.316 e. The number of benzene rings is 1. The number of halogens is 1. The Hall–Kier alpha value is -1.54. The molecule has 0 saturated carbocycles. The van der Waals surface area contributed by atoms with Crippen molar-refractivity contribution in [2.45, 2.75) is 11.8 Å².